The van der Waals surface area contributed by atoms with Crippen molar-refractivity contribution in [2.75, 3.05) is 11.1 Å². The Hall–Kier alpha value is -1.85. The van der Waals surface area contributed by atoms with Gasteiger partial charge in [-0.2, -0.15) is 0 Å². The molecular formula is C18H18N2OS2. The Kier molecular flexibility index (Phi) is 4.98. The molecule has 0 unspecified atom stereocenters. The van der Waals surface area contributed by atoms with Crippen molar-refractivity contribution in [2.24, 2.45) is 0 Å². The van der Waals surface area contributed by atoms with E-state index in [1.165, 1.54) is 17.3 Å². The van der Waals surface area contributed by atoms with Crippen molar-refractivity contribution < 1.29 is 4.79 Å². The number of anilines is 1. The fourth-order valence-electron chi connectivity index (χ4n) is 2.19. The summed E-state index contributed by atoms with van der Waals surface area (Å²) in [7, 11) is 0. The molecule has 1 amide bonds. The fraction of sp³-hybridized carbons (Fsp3) is 0.222. The van der Waals surface area contributed by atoms with E-state index >= 15 is 0 Å². The van der Waals surface area contributed by atoms with Crippen molar-refractivity contribution in [3.8, 4) is 0 Å². The van der Waals surface area contributed by atoms with Crippen molar-refractivity contribution in [1.82, 2.24) is 4.98 Å². The SMILES string of the molecule is CC(C)c1ccc(NC(=O)CSc2nc3ccccc3s2)cc1. The van der Waals surface area contributed by atoms with Gasteiger partial charge in [-0.3, -0.25) is 4.79 Å². The molecule has 0 spiro atoms. The van der Waals surface area contributed by atoms with Gasteiger partial charge >= 0.3 is 0 Å². The molecule has 0 bridgehead atoms. The molecule has 0 saturated carbocycles. The maximum atomic E-state index is 12.1. The molecule has 1 heterocycles. The van der Waals surface area contributed by atoms with E-state index in [2.05, 4.69) is 36.3 Å². The number of nitrogens with one attached hydrogen (secondary N) is 1. The quantitative estimate of drug-likeness (QED) is 0.652. The van der Waals surface area contributed by atoms with Crippen LogP contribution >= 0.6 is 23.1 Å². The smallest absolute Gasteiger partial charge is 0.234 e. The molecule has 2 aromatic carbocycles. The molecule has 0 saturated heterocycles. The average molecular weight is 342 g/mol. The van der Waals surface area contributed by atoms with Crippen LogP contribution in [-0.2, 0) is 4.79 Å². The highest BCUT2D eigenvalue weighted by molar-refractivity contribution is 8.01. The summed E-state index contributed by atoms with van der Waals surface area (Å²) in [5.41, 5.74) is 3.10. The highest BCUT2D eigenvalue weighted by atomic mass is 32.2. The number of carbonyl (C=O) groups excluding carboxylic acids is 1. The summed E-state index contributed by atoms with van der Waals surface area (Å²) in [6.07, 6.45) is 0. The molecule has 3 rings (SSSR count). The lowest BCUT2D eigenvalue weighted by Crippen LogP contribution is -2.13. The molecule has 118 valence electrons. The Morgan fingerprint density at radius 2 is 1.91 bits per heavy atom. The topological polar surface area (TPSA) is 42.0 Å². The summed E-state index contributed by atoms with van der Waals surface area (Å²) in [6, 6.07) is 16.0. The Morgan fingerprint density at radius 1 is 1.17 bits per heavy atom. The lowest BCUT2D eigenvalue weighted by atomic mass is 10.0. The first-order chi connectivity index (χ1) is 11.1. The number of benzene rings is 2. The first-order valence-corrected chi connectivity index (χ1v) is 9.30. The van der Waals surface area contributed by atoms with Gasteiger partial charge in [0.1, 0.15) is 0 Å². The van der Waals surface area contributed by atoms with Crippen LogP contribution in [0.4, 0.5) is 5.69 Å². The monoisotopic (exact) mass is 342 g/mol. The lowest BCUT2D eigenvalue weighted by Gasteiger charge is -2.08. The number of thioether (sulfide) groups is 1. The molecule has 0 aliphatic rings. The Balaban J connectivity index is 1.56. The van der Waals surface area contributed by atoms with E-state index in [9.17, 15) is 4.79 Å². The molecule has 0 aliphatic carbocycles. The Labute approximate surface area is 144 Å². The Bertz CT molecular complexity index is 776. The van der Waals surface area contributed by atoms with Gasteiger partial charge in [0.05, 0.1) is 16.0 Å². The van der Waals surface area contributed by atoms with Gasteiger partial charge in [0.25, 0.3) is 0 Å². The summed E-state index contributed by atoms with van der Waals surface area (Å²) in [4.78, 5) is 16.6. The predicted octanol–water partition coefficient (Wildman–Crippen LogP) is 5.15. The third kappa shape index (κ3) is 4.12. The van der Waals surface area contributed by atoms with Crippen LogP contribution in [0.5, 0.6) is 0 Å². The van der Waals surface area contributed by atoms with Gasteiger partial charge in [-0.05, 0) is 35.7 Å². The minimum Gasteiger partial charge on any atom is -0.325 e. The van der Waals surface area contributed by atoms with Gasteiger partial charge in [0.15, 0.2) is 4.34 Å². The minimum atomic E-state index is -0.00782. The molecule has 0 atom stereocenters. The predicted molar refractivity (Wildman–Crippen MR) is 99.5 cm³/mol. The molecule has 0 aliphatic heterocycles. The summed E-state index contributed by atoms with van der Waals surface area (Å²) in [5.74, 6) is 0.854. The third-order valence-electron chi connectivity index (χ3n) is 3.46. The average Bonchev–Trinajstić information content (AvgIpc) is 2.96. The first-order valence-electron chi connectivity index (χ1n) is 7.50. The number of hydrogen-bond donors (Lipinski definition) is 1. The van der Waals surface area contributed by atoms with Gasteiger partial charge in [-0.15, -0.1) is 11.3 Å². The molecule has 3 nitrogen and oxygen atoms in total. The van der Waals surface area contributed by atoms with Crippen LogP contribution in [0.25, 0.3) is 10.2 Å². The molecular weight excluding hydrogens is 324 g/mol. The molecule has 3 aromatic rings. The number of fused-ring (bicyclic) bond motifs is 1. The number of nitrogens with zero attached hydrogens (tertiary/aromatic N) is 1. The van der Waals surface area contributed by atoms with Crippen LogP contribution in [0.2, 0.25) is 0 Å². The Morgan fingerprint density at radius 3 is 2.61 bits per heavy atom. The highest BCUT2D eigenvalue weighted by Gasteiger charge is 2.08. The molecule has 0 fully saturated rings. The molecule has 23 heavy (non-hydrogen) atoms. The second-order valence-electron chi connectivity index (χ2n) is 5.56. The number of thiazole rings is 1. The molecule has 5 heteroatoms. The van der Waals surface area contributed by atoms with E-state index in [1.54, 1.807) is 11.3 Å². The van der Waals surface area contributed by atoms with Gasteiger partial charge < -0.3 is 5.32 Å². The van der Waals surface area contributed by atoms with Crippen molar-refractivity contribution in [2.45, 2.75) is 24.1 Å². The molecule has 1 N–H and O–H groups in total. The van der Waals surface area contributed by atoms with Crippen molar-refractivity contribution in [3.05, 3.63) is 54.1 Å². The maximum Gasteiger partial charge on any atom is 0.234 e. The van der Waals surface area contributed by atoms with Crippen LogP contribution < -0.4 is 5.32 Å². The molecule has 1 aromatic heterocycles. The standard InChI is InChI=1S/C18H18N2OS2/c1-12(2)13-7-9-14(10-8-13)19-17(21)11-22-18-20-15-5-3-4-6-16(15)23-18/h3-10,12H,11H2,1-2H3,(H,19,21). The second kappa shape index (κ2) is 7.15. The number of amides is 1. The summed E-state index contributed by atoms with van der Waals surface area (Å²) in [6.45, 7) is 4.31. The minimum absolute atomic E-state index is 0.00782. The first kappa shape index (κ1) is 16.0. The van der Waals surface area contributed by atoms with E-state index in [1.807, 2.05) is 36.4 Å². The number of carbonyl (C=O) groups is 1. The van der Waals surface area contributed by atoms with Crippen LogP contribution in [0.3, 0.4) is 0 Å². The van der Waals surface area contributed by atoms with E-state index in [0.717, 1.165) is 20.2 Å². The maximum absolute atomic E-state index is 12.1. The third-order valence-corrected chi connectivity index (χ3v) is 5.64. The van der Waals surface area contributed by atoms with Gasteiger partial charge in [0.2, 0.25) is 5.91 Å². The van der Waals surface area contributed by atoms with Crippen LogP contribution in [0, 0.1) is 0 Å². The number of hydrogen-bond acceptors (Lipinski definition) is 4. The van der Waals surface area contributed by atoms with Gasteiger partial charge in [-0.1, -0.05) is 49.9 Å². The number of rotatable bonds is 5. The van der Waals surface area contributed by atoms with Crippen LogP contribution in [0.15, 0.2) is 52.9 Å². The second-order valence-corrected chi connectivity index (χ2v) is 7.81. The highest BCUT2D eigenvalue weighted by Crippen LogP contribution is 2.29. The summed E-state index contributed by atoms with van der Waals surface area (Å²) in [5, 5.41) is 2.93. The van der Waals surface area contributed by atoms with Crippen molar-refractivity contribution in [1.29, 1.82) is 0 Å². The van der Waals surface area contributed by atoms with Crippen LogP contribution in [-0.4, -0.2) is 16.6 Å². The zero-order valence-corrected chi connectivity index (χ0v) is 14.7. The van der Waals surface area contributed by atoms with E-state index in [0.29, 0.717) is 11.7 Å². The fourth-order valence-corrected chi connectivity index (χ4v) is 4.06. The van der Waals surface area contributed by atoms with Gasteiger partial charge in [-0.25, -0.2) is 4.98 Å². The zero-order chi connectivity index (χ0) is 16.2. The summed E-state index contributed by atoms with van der Waals surface area (Å²) < 4.78 is 2.08. The van der Waals surface area contributed by atoms with Crippen molar-refractivity contribution in [3.63, 3.8) is 0 Å². The van der Waals surface area contributed by atoms with E-state index < -0.39 is 0 Å². The number of aromatic nitrogens is 1. The number of para-hydroxylation sites is 1. The van der Waals surface area contributed by atoms with E-state index in [4.69, 9.17) is 0 Å². The van der Waals surface area contributed by atoms with Crippen LogP contribution in [0.1, 0.15) is 25.3 Å². The van der Waals surface area contributed by atoms with Crippen molar-refractivity contribution >= 4 is 44.9 Å². The molecule has 0 radical (unpaired) electrons. The largest absolute Gasteiger partial charge is 0.325 e. The lowest BCUT2D eigenvalue weighted by molar-refractivity contribution is -0.113. The normalized spacial score (nSPS) is 11.1. The zero-order valence-electron chi connectivity index (χ0n) is 13.1. The van der Waals surface area contributed by atoms with E-state index in [-0.39, 0.29) is 5.91 Å². The van der Waals surface area contributed by atoms with Gasteiger partial charge in [0, 0.05) is 5.69 Å². The summed E-state index contributed by atoms with van der Waals surface area (Å²) >= 11 is 3.10.